The maximum atomic E-state index is 13.1. The fraction of sp³-hybridized carbons (Fsp3) is 0.278. The highest BCUT2D eigenvalue weighted by atomic mass is 19.4. The van der Waals surface area contributed by atoms with Gasteiger partial charge >= 0.3 is 11.9 Å². The first kappa shape index (κ1) is 19.6. The molecule has 2 heterocycles. The van der Waals surface area contributed by atoms with E-state index in [9.17, 15) is 28.1 Å². The van der Waals surface area contributed by atoms with Gasteiger partial charge in [-0.1, -0.05) is 0 Å². The number of aromatic nitrogens is 4. The van der Waals surface area contributed by atoms with Crippen LogP contribution < -0.4 is 4.90 Å². The number of nitrogens with one attached hydrogen (secondary N) is 1. The second-order valence-corrected chi connectivity index (χ2v) is 6.91. The van der Waals surface area contributed by atoms with Crippen LogP contribution in [0.1, 0.15) is 40.6 Å². The van der Waals surface area contributed by atoms with Crippen molar-refractivity contribution in [1.82, 2.24) is 20.0 Å². The molecule has 0 aliphatic heterocycles. The molecule has 1 saturated carbocycles. The minimum Gasteiger partial charge on any atom is -0.310 e. The molecule has 1 N–H and O–H groups in total. The monoisotopic (exact) mass is 420 g/mol. The lowest BCUT2D eigenvalue weighted by atomic mass is 10.2. The van der Waals surface area contributed by atoms with Crippen LogP contribution in [0.3, 0.4) is 0 Å². The van der Waals surface area contributed by atoms with E-state index in [4.69, 9.17) is 0 Å². The molecule has 0 saturated heterocycles. The van der Waals surface area contributed by atoms with Gasteiger partial charge in [0.1, 0.15) is 6.20 Å². The summed E-state index contributed by atoms with van der Waals surface area (Å²) in [5.74, 6) is -0.637. The predicted molar refractivity (Wildman–Crippen MR) is 98.5 cm³/mol. The van der Waals surface area contributed by atoms with Crippen molar-refractivity contribution in [2.75, 3.05) is 11.9 Å². The van der Waals surface area contributed by atoms with Crippen LogP contribution >= 0.6 is 0 Å². The summed E-state index contributed by atoms with van der Waals surface area (Å²) in [5, 5.41) is 20.6. The zero-order valence-electron chi connectivity index (χ0n) is 15.6. The molecule has 156 valence electrons. The summed E-state index contributed by atoms with van der Waals surface area (Å²) in [6.45, 7) is 0. The number of nitro groups is 1. The highest BCUT2D eigenvalue weighted by Gasteiger charge is 2.38. The van der Waals surface area contributed by atoms with E-state index in [0.29, 0.717) is 17.1 Å². The normalized spacial score (nSPS) is 14.0. The summed E-state index contributed by atoms with van der Waals surface area (Å²) in [5.41, 5.74) is -0.369. The SMILES string of the molecule is CN(C(=O)c1[nH]ncc1[N+](=O)[O-])c1ccc(-n2nc(C(F)(F)F)cc2C2CC2)cc1. The van der Waals surface area contributed by atoms with Crippen LogP contribution in [0, 0.1) is 10.1 Å². The molecular formula is C18H15F3N6O3. The van der Waals surface area contributed by atoms with Crippen LogP contribution in [0.25, 0.3) is 5.69 Å². The first-order chi connectivity index (χ1) is 14.2. The fourth-order valence-electron chi connectivity index (χ4n) is 3.09. The average Bonchev–Trinajstić information content (AvgIpc) is 3.25. The lowest BCUT2D eigenvalue weighted by molar-refractivity contribution is -0.385. The molecule has 0 bridgehead atoms. The van der Waals surface area contributed by atoms with Gasteiger partial charge in [-0.05, 0) is 43.2 Å². The number of nitrogens with zero attached hydrogens (tertiary/aromatic N) is 5. The summed E-state index contributed by atoms with van der Waals surface area (Å²) in [6, 6.07) is 7.21. The summed E-state index contributed by atoms with van der Waals surface area (Å²) < 4.78 is 40.5. The zero-order valence-corrected chi connectivity index (χ0v) is 15.6. The minimum atomic E-state index is -4.54. The number of carbonyl (C=O) groups excluding carboxylic acids is 1. The third-order valence-corrected chi connectivity index (χ3v) is 4.84. The molecule has 0 spiro atoms. The molecule has 12 heteroatoms. The highest BCUT2D eigenvalue weighted by Crippen LogP contribution is 2.43. The van der Waals surface area contributed by atoms with Crippen LogP contribution in [0.5, 0.6) is 0 Å². The van der Waals surface area contributed by atoms with Crippen molar-refractivity contribution in [1.29, 1.82) is 0 Å². The molecule has 1 amide bonds. The number of amides is 1. The Balaban J connectivity index is 1.62. The second-order valence-electron chi connectivity index (χ2n) is 6.91. The van der Waals surface area contributed by atoms with E-state index in [1.807, 2.05) is 0 Å². The predicted octanol–water partition coefficient (Wildman–Crippen LogP) is 3.68. The number of benzene rings is 1. The summed E-state index contributed by atoms with van der Waals surface area (Å²) in [4.78, 5) is 24.0. The Morgan fingerprint density at radius 1 is 1.30 bits per heavy atom. The molecule has 4 rings (SSSR count). The van der Waals surface area contributed by atoms with Gasteiger partial charge in [0.05, 0.1) is 10.6 Å². The van der Waals surface area contributed by atoms with Crippen molar-refractivity contribution in [3.8, 4) is 5.69 Å². The van der Waals surface area contributed by atoms with Crippen LogP contribution in [0.15, 0.2) is 36.5 Å². The third-order valence-electron chi connectivity index (χ3n) is 4.84. The van der Waals surface area contributed by atoms with Gasteiger partial charge in [-0.25, -0.2) is 4.68 Å². The number of hydrogen-bond donors (Lipinski definition) is 1. The molecule has 1 fully saturated rings. The number of hydrogen-bond acceptors (Lipinski definition) is 5. The average molecular weight is 420 g/mol. The van der Waals surface area contributed by atoms with E-state index in [0.717, 1.165) is 25.1 Å². The van der Waals surface area contributed by atoms with Gasteiger partial charge < -0.3 is 4.90 Å². The van der Waals surface area contributed by atoms with Gasteiger partial charge in [-0.15, -0.1) is 0 Å². The van der Waals surface area contributed by atoms with E-state index in [-0.39, 0.29) is 11.6 Å². The number of alkyl halides is 3. The van der Waals surface area contributed by atoms with Gasteiger partial charge in [0, 0.05) is 24.3 Å². The number of carbonyl (C=O) groups is 1. The summed E-state index contributed by atoms with van der Waals surface area (Å²) in [6.07, 6.45) is -1.98. The van der Waals surface area contributed by atoms with Gasteiger partial charge in [-0.2, -0.15) is 23.4 Å². The molecule has 30 heavy (non-hydrogen) atoms. The third kappa shape index (κ3) is 3.51. The maximum absolute atomic E-state index is 13.1. The van der Waals surface area contributed by atoms with Gasteiger partial charge in [0.15, 0.2) is 5.69 Å². The Labute approximate surface area is 167 Å². The molecule has 1 aliphatic carbocycles. The van der Waals surface area contributed by atoms with Crippen LogP contribution in [-0.4, -0.2) is 37.9 Å². The zero-order chi connectivity index (χ0) is 21.6. The Hall–Kier alpha value is -3.70. The Bertz CT molecular complexity index is 1120. The molecular weight excluding hydrogens is 405 g/mol. The van der Waals surface area contributed by atoms with Crippen molar-refractivity contribution >= 4 is 17.3 Å². The van der Waals surface area contributed by atoms with Crippen molar-refractivity contribution in [3.05, 3.63) is 63.7 Å². The molecule has 0 radical (unpaired) electrons. The van der Waals surface area contributed by atoms with Crippen molar-refractivity contribution in [3.63, 3.8) is 0 Å². The van der Waals surface area contributed by atoms with Gasteiger partial charge in [0.25, 0.3) is 5.91 Å². The minimum absolute atomic E-state index is 0.0402. The lowest BCUT2D eigenvalue weighted by Gasteiger charge is -2.17. The van der Waals surface area contributed by atoms with Crippen LogP contribution in [-0.2, 0) is 6.18 Å². The Morgan fingerprint density at radius 3 is 2.53 bits per heavy atom. The van der Waals surface area contributed by atoms with Crippen molar-refractivity contribution in [2.24, 2.45) is 0 Å². The summed E-state index contributed by atoms with van der Waals surface area (Å²) in [7, 11) is 1.42. The van der Waals surface area contributed by atoms with E-state index >= 15 is 0 Å². The first-order valence-electron chi connectivity index (χ1n) is 8.90. The largest absolute Gasteiger partial charge is 0.435 e. The van der Waals surface area contributed by atoms with E-state index in [1.54, 1.807) is 12.1 Å². The Kier molecular flexibility index (Phi) is 4.56. The smallest absolute Gasteiger partial charge is 0.310 e. The standard InChI is InChI=1S/C18H15F3N6O3/c1-25(17(28)16-14(27(29)30)9-22-23-16)11-4-6-12(7-5-11)26-13(10-2-3-10)8-15(24-26)18(19,20)21/h4-10H,2-3H2,1H3,(H,22,23). The molecule has 0 unspecified atom stereocenters. The van der Waals surface area contributed by atoms with Gasteiger partial charge in [0.2, 0.25) is 5.69 Å². The van der Waals surface area contributed by atoms with Crippen molar-refractivity contribution < 1.29 is 22.9 Å². The van der Waals surface area contributed by atoms with E-state index < -0.39 is 28.4 Å². The van der Waals surface area contributed by atoms with Gasteiger partial charge in [-0.3, -0.25) is 20.0 Å². The maximum Gasteiger partial charge on any atom is 0.435 e. The van der Waals surface area contributed by atoms with Crippen LogP contribution in [0.4, 0.5) is 24.5 Å². The molecule has 1 aromatic carbocycles. The highest BCUT2D eigenvalue weighted by molar-refractivity contribution is 6.06. The molecule has 3 aromatic rings. The summed E-state index contributed by atoms with van der Waals surface area (Å²) >= 11 is 0. The quantitative estimate of drug-likeness (QED) is 0.500. The van der Waals surface area contributed by atoms with Crippen LogP contribution in [0.2, 0.25) is 0 Å². The Morgan fingerprint density at radius 2 is 1.97 bits per heavy atom. The number of halogens is 3. The fourth-order valence-corrected chi connectivity index (χ4v) is 3.09. The molecule has 0 atom stereocenters. The van der Waals surface area contributed by atoms with E-state index in [2.05, 4.69) is 15.3 Å². The molecule has 1 aliphatic rings. The topological polar surface area (TPSA) is 110 Å². The lowest BCUT2D eigenvalue weighted by Crippen LogP contribution is -2.27. The van der Waals surface area contributed by atoms with E-state index in [1.165, 1.54) is 28.8 Å². The molecule has 9 nitrogen and oxygen atoms in total. The number of rotatable bonds is 5. The number of anilines is 1. The molecule has 2 aromatic heterocycles. The second kappa shape index (κ2) is 6.97. The number of H-pyrrole nitrogens is 1. The number of aromatic amines is 1. The first-order valence-corrected chi connectivity index (χ1v) is 8.90. The van der Waals surface area contributed by atoms with Crippen molar-refractivity contribution in [2.45, 2.75) is 24.9 Å².